The molecule has 3 heterocycles. The van der Waals surface area contributed by atoms with Crippen molar-refractivity contribution in [3.63, 3.8) is 0 Å². The highest BCUT2D eigenvalue weighted by Gasteiger charge is 2.19. The lowest BCUT2D eigenvalue weighted by molar-refractivity contribution is 0.101. The number of carbonyl (C=O) groups is 2. The first kappa shape index (κ1) is 15.2. The van der Waals surface area contributed by atoms with Gasteiger partial charge in [0.2, 0.25) is 0 Å². The van der Waals surface area contributed by atoms with E-state index in [1.807, 2.05) is 4.57 Å². The van der Waals surface area contributed by atoms with Crippen LogP contribution in [0.4, 0.5) is 5.82 Å². The van der Waals surface area contributed by atoms with Crippen molar-refractivity contribution in [2.75, 3.05) is 5.32 Å². The molecule has 0 fully saturated rings. The topological polar surface area (TPSA) is 96.8 Å². The molecule has 23 heavy (non-hydrogen) atoms. The van der Waals surface area contributed by atoms with E-state index < -0.39 is 11.5 Å². The van der Waals surface area contributed by atoms with Crippen molar-refractivity contribution in [2.24, 2.45) is 0 Å². The Morgan fingerprint density at radius 3 is 2.83 bits per heavy atom. The maximum atomic E-state index is 12.4. The van der Waals surface area contributed by atoms with Crippen LogP contribution in [0.25, 0.3) is 0 Å². The Hall–Kier alpha value is -2.70. The third-order valence-corrected chi connectivity index (χ3v) is 4.07. The number of nitrogens with one attached hydrogen (secondary N) is 2. The number of pyridine rings is 1. The van der Waals surface area contributed by atoms with Gasteiger partial charge >= 0.3 is 0 Å². The first-order chi connectivity index (χ1) is 11.0. The molecule has 7 heteroatoms. The molecule has 0 radical (unpaired) electrons. The van der Waals surface area contributed by atoms with Crippen molar-refractivity contribution in [3.8, 4) is 0 Å². The fourth-order valence-corrected chi connectivity index (χ4v) is 2.86. The van der Waals surface area contributed by atoms with Gasteiger partial charge in [-0.05, 0) is 32.8 Å². The highest BCUT2D eigenvalue weighted by atomic mass is 16.2. The largest absolute Gasteiger partial charge is 0.325 e. The first-order valence-electron chi connectivity index (χ1n) is 7.58. The average molecular weight is 314 g/mol. The molecule has 0 aromatic carbocycles. The minimum atomic E-state index is -0.540. The number of amides is 1. The van der Waals surface area contributed by atoms with Gasteiger partial charge in [-0.25, -0.2) is 4.98 Å². The van der Waals surface area contributed by atoms with Crippen LogP contribution < -0.4 is 10.9 Å². The number of aromatic amines is 1. The van der Waals surface area contributed by atoms with Crippen LogP contribution in [0.1, 0.15) is 52.0 Å². The predicted octanol–water partition coefficient (Wildman–Crippen LogP) is 1.67. The lowest BCUT2D eigenvalue weighted by atomic mass is 10.1. The number of H-pyrrole nitrogens is 1. The van der Waals surface area contributed by atoms with E-state index in [0.717, 1.165) is 31.6 Å². The van der Waals surface area contributed by atoms with Gasteiger partial charge in [-0.15, -0.1) is 0 Å². The number of rotatable bonds is 3. The summed E-state index contributed by atoms with van der Waals surface area (Å²) in [4.78, 5) is 42.9. The number of nitrogens with zero attached hydrogens (tertiary/aromatic N) is 2. The zero-order valence-corrected chi connectivity index (χ0v) is 13.1. The van der Waals surface area contributed by atoms with E-state index in [9.17, 15) is 14.4 Å². The van der Waals surface area contributed by atoms with Crippen molar-refractivity contribution in [2.45, 2.75) is 39.7 Å². The van der Waals surface area contributed by atoms with Gasteiger partial charge in [0.25, 0.3) is 11.5 Å². The summed E-state index contributed by atoms with van der Waals surface area (Å²) in [5.41, 5.74) is 0.210. The molecule has 1 aliphatic rings. The van der Waals surface area contributed by atoms with Gasteiger partial charge in [-0.2, -0.15) is 0 Å². The molecule has 0 bridgehead atoms. The summed E-state index contributed by atoms with van der Waals surface area (Å²) in [6.45, 7) is 3.83. The molecule has 2 aromatic heterocycles. The first-order valence-corrected chi connectivity index (χ1v) is 7.58. The summed E-state index contributed by atoms with van der Waals surface area (Å²) >= 11 is 0. The lowest BCUT2D eigenvalue weighted by Gasteiger charge is -2.16. The monoisotopic (exact) mass is 314 g/mol. The van der Waals surface area contributed by atoms with Crippen LogP contribution in [-0.4, -0.2) is 26.2 Å². The van der Waals surface area contributed by atoms with Crippen molar-refractivity contribution >= 4 is 17.5 Å². The van der Waals surface area contributed by atoms with Gasteiger partial charge in [-0.1, -0.05) is 0 Å². The van der Waals surface area contributed by atoms with E-state index in [4.69, 9.17) is 0 Å². The number of imidazole rings is 1. The fraction of sp³-hybridized carbons (Fsp3) is 0.375. The number of hydrogen-bond donors (Lipinski definition) is 2. The van der Waals surface area contributed by atoms with Crippen molar-refractivity contribution in [1.82, 2.24) is 14.5 Å². The summed E-state index contributed by atoms with van der Waals surface area (Å²) in [7, 11) is 0. The molecule has 1 amide bonds. The van der Waals surface area contributed by atoms with E-state index in [1.165, 1.54) is 13.0 Å². The Morgan fingerprint density at radius 2 is 2.09 bits per heavy atom. The van der Waals surface area contributed by atoms with E-state index in [-0.39, 0.29) is 11.3 Å². The zero-order valence-electron chi connectivity index (χ0n) is 13.1. The molecule has 0 atom stereocenters. The van der Waals surface area contributed by atoms with Crippen molar-refractivity contribution < 1.29 is 9.59 Å². The van der Waals surface area contributed by atoms with Gasteiger partial charge in [0.15, 0.2) is 5.78 Å². The second kappa shape index (κ2) is 5.83. The van der Waals surface area contributed by atoms with Gasteiger partial charge < -0.3 is 14.9 Å². The van der Waals surface area contributed by atoms with Gasteiger partial charge in [0.05, 0.1) is 6.20 Å². The Morgan fingerprint density at radius 1 is 1.30 bits per heavy atom. The highest BCUT2D eigenvalue weighted by molar-refractivity contribution is 6.05. The van der Waals surface area contributed by atoms with Crippen LogP contribution in [0.15, 0.2) is 17.1 Å². The second-order valence-corrected chi connectivity index (χ2v) is 5.73. The van der Waals surface area contributed by atoms with Gasteiger partial charge in [-0.3, -0.25) is 14.4 Å². The molecule has 2 aromatic rings. The fourth-order valence-electron chi connectivity index (χ4n) is 2.86. The smallest absolute Gasteiger partial charge is 0.262 e. The molecule has 120 valence electrons. The molecule has 0 saturated heterocycles. The predicted molar refractivity (Wildman–Crippen MR) is 84.9 cm³/mol. The molecule has 1 aliphatic heterocycles. The minimum absolute atomic E-state index is 0.0767. The normalized spacial score (nSPS) is 13.5. The Bertz CT molecular complexity index is 847. The Labute approximate surface area is 132 Å². The number of carbonyl (C=O) groups excluding carboxylic acids is 2. The number of fused-ring (bicyclic) bond motifs is 1. The summed E-state index contributed by atoms with van der Waals surface area (Å²) in [5.74, 6) is 0.777. The van der Waals surface area contributed by atoms with Crippen molar-refractivity contribution in [3.05, 3.63) is 45.3 Å². The van der Waals surface area contributed by atoms with E-state index in [1.54, 1.807) is 13.1 Å². The molecule has 0 spiro atoms. The van der Waals surface area contributed by atoms with Gasteiger partial charge in [0.1, 0.15) is 17.2 Å². The van der Waals surface area contributed by atoms with E-state index in [0.29, 0.717) is 17.1 Å². The second-order valence-electron chi connectivity index (χ2n) is 5.73. The molecule has 7 nitrogen and oxygen atoms in total. The number of hydrogen-bond acceptors (Lipinski definition) is 4. The minimum Gasteiger partial charge on any atom is -0.325 e. The maximum absolute atomic E-state index is 12.4. The van der Waals surface area contributed by atoms with Crippen LogP contribution >= 0.6 is 0 Å². The summed E-state index contributed by atoms with van der Waals surface area (Å²) < 4.78 is 1.95. The number of aryl methyl sites for hydroxylation is 2. The highest BCUT2D eigenvalue weighted by Crippen LogP contribution is 2.20. The van der Waals surface area contributed by atoms with Crippen LogP contribution in [0.2, 0.25) is 0 Å². The van der Waals surface area contributed by atoms with Crippen LogP contribution in [0, 0.1) is 6.92 Å². The molecule has 2 N–H and O–H groups in total. The summed E-state index contributed by atoms with van der Waals surface area (Å²) in [5, 5.41) is 2.72. The molecule has 3 rings (SSSR count). The van der Waals surface area contributed by atoms with Crippen LogP contribution in [0.3, 0.4) is 0 Å². The summed E-state index contributed by atoms with van der Waals surface area (Å²) in [6.07, 6.45) is 4.61. The molecular weight excluding hydrogens is 296 g/mol. The van der Waals surface area contributed by atoms with Crippen LogP contribution in [0.5, 0.6) is 0 Å². The number of ketones is 1. The third kappa shape index (κ3) is 2.81. The molecule has 0 saturated carbocycles. The van der Waals surface area contributed by atoms with E-state index >= 15 is 0 Å². The quantitative estimate of drug-likeness (QED) is 0.842. The summed E-state index contributed by atoms with van der Waals surface area (Å²) in [6, 6.07) is 1.35. The number of Topliss-reactive ketones (excluding diaryl/α,β-unsaturated/α-hetero) is 1. The van der Waals surface area contributed by atoms with E-state index in [2.05, 4.69) is 15.3 Å². The standard InChI is InChI=1S/C16H18N4O3/c1-9-11(10(2)21)7-12(15(22)18-9)16(23)19-14-8-17-13-5-3-4-6-20(13)14/h7-8H,3-6H2,1-2H3,(H,18,22)(H,19,23). The zero-order chi connectivity index (χ0) is 16.6. The van der Waals surface area contributed by atoms with Gasteiger partial charge in [0, 0.05) is 24.2 Å². The third-order valence-electron chi connectivity index (χ3n) is 4.07. The average Bonchev–Trinajstić information content (AvgIpc) is 2.90. The number of aromatic nitrogens is 3. The number of anilines is 1. The lowest BCUT2D eigenvalue weighted by Crippen LogP contribution is -2.26. The molecule has 0 unspecified atom stereocenters. The molecule has 0 aliphatic carbocycles. The van der Waals surface area contributed by atoms with Crippen LogP contribution in [-0.2, 0) is 13.0 Å². The maximum Gasteiger partial charge on any atom is 0.262 e. The Balaban J connectivity index is 1.92. The molecular formula is C16H18N4O3. The SMILES string of the molecule is CC(=O)c1cc(C(=O)Nc2cnc3n2CCCC3)c(=O)[nH]c1C. The van der Waals surface area contributed by atoms with Crippen molar-refractivity contribution in [1.29, 1.82) is 0 Å². The Kier molecular flexibility index (Phi) is 3.85.